The van der Waals surface area contributed by atoms with Gasteiger partial charge in [-0.1, -0.05) is 25.0 Å². The van der Waals surface area contributed by atoms with Gasteiger partial charge >= 0.3 is 0 Å². The summed E-state index contributed by atoms with van der Waals surface area (Å²) in [5.41, 5.74) is 0.640. The summed E-state index contributed by atoms with van der Waals surface area (Å²) < 4.78 is 0. The molecule has 1 N–H and O–H groups in total. The van der Waals surface area contributed by atoms with Gasteiger partial charge in [0.05, 0.1) is 17.8 Å². The van der Waals surface area contributed by atoms with Crippen LogP contribution in [0, 0.1) is 0 Å². The van der Waals surface area contributed by atoms with Crippen LogP contribution in [-0.2, 0) is 4.79 Å². The first-order chi connectivity index (χ1) is 9.71. The van der Waals surface area contributed by atoms with E-state index >= 15 is 0 Å². The SMILES string of the molecule is O=C1NCC2=NC3(CCCC3)C(=O)N2c2ccccc21. The number of carbonyl (C=O) groups excluding carboxylic acids is 2. The van der Waals surface area contributed by atoms with Gasteiger partial charge in [-0.25, -0.2) is 0 Å². The van der Waals surface area contributed by atoms with Gasteiger partial charge in [0, 0.05) is 0 Å². The lowest BCUT2D eigenvalue weighted by molar-refractivity contribution is -0.121. The molecule has 2 amide bonds. The molecule has 1 spiro atoms. The first-order valence-corrected chi connectivity index (χ1v) is 7.02. The fourth-order valence-electron chi connectivity index (χ4n) is 3.44. The van der Waals surface area contributed by atoms with Crippen molar-refractivity contribution in [3.8, 4) is 0 Å². The molecule has 2 heterocycles. The average Bonchev–Trinajstić information content (AvgIpc) is 3.00. The molecule has 1 aliphatic carbocycles. The molecule has 20 heavy (non-hydrogen) atoms. The third-order valence-corrected chi connectivity index (χ3v) is 4.43. The van der Waals surface area contributed by atoms with Crippen molar-refractivity contribution in [2.45, 2.75) is 31.2 Å². The lowest BCUT2D eigenvalue weighted by Crippen LogP contribution is -2.42. The van der Waals surface area contributed by atoms with Crippen LogP contribution in [0.5, 0.6) is 0 Å². The molecule has 0 saturated heterocycles. The van der Waals surface area contributed by atoms with Crippen LogP contribution in [0.25, 0.3) is 0 Å². The standard InChI is InChI=1S/C15H15N3O2/c19-13-10-5-1-2-6-11(10)18-12(9-16-13)17-15(14(18)20)7-3-4-8-15/h1-2,5-6H,3-4,7-9H2,(H,16,19). The van der Waals surface area contributed by atoms with Gasteiger partial charge in [-0.2, -0.15) is 0 Å². The van der Waals surface area contributed by atoms with Crippen molar-refractivity contribution in [1.29, 1.82) is 0 Å². The highest BCUT2D eigenvalue weighted by Crippen LogP contribution is 2.41. The summed E-state index contributed by atoms with van der Waals surface area (Å²) in [6, 6.07) is 7.23. The number of fused-ring (bicyclic) bond motifs is 3. The van der Waals surface area contributed by atoms with Crippen LogP contribution in [0.2, 0.25) is 0 Å². The van der Waals surface area contributed by atoms with Crippen molar-refractivity contribution >= 4 is 23.3 Å². The van der Waals surface area contributed by atoms with E-state index in [1.807, 2.05) is 18.2 Å². The van der Waals surface area contributed by atoms with E-state index in [9.17, 15) is 9.59 Å². The number of carbonyl (C=O) groups is 2. The van der Waals surface area contributed by atoms with Gasteiger partial charge in [-0.3, -0.25) is 19.5 Å². The van der Waals surface area contributed by atoms with Crippen molar-refractivity contribution < 1.29 is 9.59 Å². The largest absolute Gasteiger partial charge is 0.345 e. The molecule has 5 heteroatoms. The van der Waals surface area contributed by atoms with Crippen LogP contribution < -0.4 is 10.2 Å². The number of anilines is 1. The topological polar surface area (TPSA) is 61.8 Å². The molecular weight excluding hydrogens is 254 g/mol. The van der Waals surface area contributed by atoms with Gasteiger partial charge in [0.15, 0.2) is 0 Å². The second-order valence-electron chi connectivity index (χ2n) is 5.61. The quantitative estimate of drug-likeness (QED) is 0.775. The number of rotatable bonds is 0. The Bertz CT molecular complexity index is 644. The Balaban J connectivity index is 1.87. The van der Waals surface area contributed by atoms with E-state index in [2.05, 4.69) is 5.32 Å². The van der Waals surface area contributed by atoms with Crippen molar-refractivity contribution in [3.63, 3.8) is 0 Å². The molecule has 0 unspecified atom stereocenters. The zero-order valence-corrected chi connectivity index (χ0v) is 11.1. The van der Waals surface area contributed by atoms with E-state index in [4.69, 9.17) is 4.99 Å². The van der Waals surface area contributed by atoms with E-state index in [0.717, 1.165) is 25.7 Å². The Morgan fingerprint density at radius 2 is 1.90 bits per heavy atom. The average molecular weight is 269 g/mol. The number of amides is 2. The smallest absolute Gasteiger partial charge is 0.260 e. The molecule has 0 aromatic heterocycles. The molecule has 5 nitrogen and oxygen atoms in total. The second-order valence-corrected chi connectivity index (χ2v) is 5.61. The van der Waals surface area contributed by atoms with Gasteiger partial charge in [0.2, 0.25) is 0 Å². The second kappa shape index (κ2) is 3.91. The van der Waals surface area contributed by atoms with Crippen LogP contribution in [-0.4, -0.2) is 29.7 Å². The number of hydrogen-bond acceptors (Lipinski definition) is 3. The fourth-order valence-corrected chi connectivity index (χ4v) is 3.44. The Morgan fingerprint density at radius 1 is 1.15 bits per heavy atom. The molecule has 1 aromatic rings. The maximum absolute atomic E-state index is 12.9. The van der Waals surface area contributed by atoms with Crippen LogP contribution >= 0.6 is 0 Å². The predicted molar refractivity (Wildman–Crippen MR) is 74.9 cm³/mol. The fraction of sp³-hybridized carbons (Fsp3) is 0.400. The Hall–Kier alpha value is -2.17. The molecule has 0 atom stereocenters. The minimum Gasteiger partial charge on any atom is -0.345 e. The van der Waals surface area contributed by atoms with Crippen molar-refractivity contribution in [3.05, 3.63) is 29.8 Å². The first kappa shape index (κ1) is 11.6. The lowest BCUT2D eigenvalue weighted by Gasteiger charge is -2.22. The molecule has 0 bridgehead atoms. The van der Waals surface area contributed by atoms with E-state index in [1.165, 1.54) is 0 Å². The highest BCUT2D eigenvalue weighted by atomic mass is 16.2. The summed E-state index contributed by atoms with van der Waals surface area (Å²) in [7, 11) is 0. The molecule has 102 valence electrons. The number of nitrogens with one attached hydrogen (secondary N) is 1. The Morgan fingerprint density at radius 3 is 2.70 bits per heavy atom. The number of para-hydroxylation sites is 1. The summed E-state index contributed by atoms with van der Waals surface area (Å²) in [5.74, 6) is 0.565. The molecule has 1 saturated carbocycles. The van der Waals surface area contributed by atoms with Gasteiger partial charge in [-0.15, -0.1) is 0 Å². The molecule has 2 aliphatic heterocycles. The molecule has 0 radical (unpaired) electrons. The lowest BCUT2D eigenvalue weighted by atomic mass is 9.97. The minimum absolute atomic E-state index is 0.0361. The summed E-state index contributed by atoms with van der Waals surface area (Å²) in [6.45, 7) is 0.320. The minimum atomic E-state index is -0.565. The summed E-state index contributed by atoms with van der Waals surface area (Å²) in [5, 5.41) is 2.84. The van der Waals surface area contributed by atoms with Gasteiger partial charge in [0.25, 0.3) is 11.8 Å². The van der Waals surface area contributed by atoms with E-state index < -0.39 is 5.54 Å². The Labute approximate surface area is 116 Å². The maximum Gasteiger partial charge on any atom is 0.260 e. The maximum atomic E-state index is 12.9. The van der Waals surface area contributed by atoms with Crippen LogP contribution in [0.4, 0.5) is 5.69 Å². The third kappa shape index (κ3) is 1.40. The van der Waals surface area contributed by atoms with Crippen molar-refractivity contribution in [2.75, 3.05) is 11.4 Å². The molecule has 1 aromatic carbocycles. The monoisotopic (exact) mass is 269 g/mol. The summed E-state index contributed by atoms with van der Waals surface area (Å²) in [4.78, 5) is 31.3. The molecular formula is C15H15N3O2. The van der Waals surface area contributed by atoms with E-state index in [0.29, 0.717) is 23.6 Å². The van der Waals surface area contributed by atoms with Gasteiger partial charge in [0.1, 0.15) is 11.4 Å². The van der Waals surface area contributed by atoms with Crippen LogP contribution in [0.3, 0.4) is 0 Å². The number of benzene rings is 1. The van der Waals surface area contributed by atoms with Gasteiger partial charge < -0.3 is 5.32 Å². The number of hydrogen-bond donors (Lipinski definition) is 1. The van der Waals surface area contributed by atoms with Crippen molar-refractivity contribution in [1.82, 2.24) is 5.32 Å². The third-order valence-electron chi connectivity index (χ3n) is 4.43. The highest BCUT2D eigenvalue weighted by molar-refractivity contribution is 6.28. The van der Waals surface area contributed by atoms with Crippen LogP contribution in [0.1, 0.15) is 36.0 Å². The van der Waals surface area contributed by atoms with Gasteiger partial charge in [-0.05, 0) is 25.0 Å². The Kier molecular flexibility index (Phi) is 2.28. The van der Waals surface area contributed by atoms with Crippen LogP contribution in [0.15, 0.2) is 29.3 Å². The number of nitrogens with zero attached hydrogens (tertiary/aromatic N) is 2. The summed E-state index contributed by atoms with van der Waals surface area (Å²) >= 11 is 0. The normalized spacial score (nSPS) is 23.2. The number of amidine groups is 1. The zero-order chi connectivity index (χ0) is 13.7. The molecule has 1 fully saturated rings. The first-order valence-electron chi connectivity index (χ1n) is 7.02. The van der Waals surface area contributed by atoms with E-state index in [-0.39, 0.29) is 11.8 Å². The predicted octanol–water partition coefficient (Wildman–Crippen LogP) is 1.49. The van der Waals surface area contributed by atoms with Crippen molar-refractivity contribution in [2.24, 2.45) is 4.99 Å². The summed E-state index contributed by atoms with van der Waals surface area (Å²) in [6.07, 6.45) is 3.73. The molecule has 4 rings (SSSR count). The number of aliphatic imine (C=N–C) groups is 1. The zero-order valence-electron chi connectivity index (χ0n) is 11.1. The van der Waals surface area contributed by atoms with E-state index in [1.54, 1.807) is 11.0 Å². The molecule has 3 aliphatic rings. The highest BCUT2D eigenvalue weighted by Gasteiger charge is 2.51.